The Morgan fingerprint density at radius 2 is 1.28 bits per heavy atom. The van der Waals surface area contributed by atoms with Crippen molar-refractivity contribution < 1.29 is 27.8 Å². The van der Waals surface area contributed by atoms with E-state index in [9.17, 15) is 18.4 Å². The SMILES string of the molecule is CCOC(=O)Cl.CCOC(=O)NCc1cc(-c2nc3ccc(F)cc3n2C2CC2)cnn1.NCc1cc(-c2nc3ccc(F)cc3n2C2CC2)cnn1. The van der Waals surface area contributed by atoms with E-state index in [1.165, 1.54) is 18.2 Å². The fourth-order valence-corrected chi connectivity index (χ4v) is 5.76. The van der Waals surface area contributed by atoms with Crippen LogP contribution in [-0.4, -0.2) is 64.2 Å². The summed E-state index contributed by atoms with van der Waals surface area (Å²) in [6.07, 6.45) is 7.09. The minimum absolute atomic E-state index is 0.206. The highest BCUT2D eigenvalue weighted by atomic mass is 35.5. The summed E-state index contributed by atoms with van der Waals surface area (Å²) in [6.45, 7) is 4.63. The van der Waals surface area contributed by atoms with Crippen molar-refractivity contribution >= 4 is 45.2 Å². The highest BCUT2D eigenvalue weighted by Crippen LogP contribution is 2.42. The summed E-state index contributed by atoms with van der Waals surface area (Å²) in [5.74, 6) is 1.02. The molecule has 2 saturated carbocycles. The lowest BCUT2D eigenvalue weighted by Crippen LogP contribution is -2.24. The Morgan fingerprint density at radius 1 is 0.792 bits per heavy atom. The van der Waals surface area contributed by atoms with Crippen molar-refractivity contribution in [3.8, 4) is 22.8 Å². The first kappa shape index (κ1) is 37.2. The number of nitrogens with one attached hydrogen (secondary N) is 1. The molecule has 2 fully saturated rings. The number of carbonyl (C=O) groups excluding carboxylic acids is 2. The van der Waals surface area contributed by atoms with Crippen LogP contribution < -0.4 is 11.1 Å². The van der Waals surface area contributed by atoms with Crippen LogP contribution in [0.15, 0.2) is 60.9 Å². The third-order valence-electron chi connectivity index (χ3n) is 8.21. The molecular weight excluding hydrogens is 710 g/mol. The number of nitrogens with two attached hydrogens (primary N) is 1. The summed E-state index contributed by atoms with van der Waals surface area (Å²) in [5, 5.41) is 18.6. The molecular formula is C36H37ClF2N10O4. The molecule has 0 atom stereocenters. The maximum absolute atomic E-state index is 13.7. The molecule has 2 aromatic carbocycles. The van der Waals surface area contributed by atoms with Gasteiger partial charge in [0.15, 0.2) is 0 Å². The van der Waals surface area contributed by atoms with E-state index < -0.39 is 11.5 Å². The zero-order valence-corrected chi connectivity index (χ0v) is 29.8. The molecule has 17 heteroatoms. The van der Waals surface area contributed by atoms with Crippen molar-refractivity contribution in [1.82, 2.24) is 44.8 Å². The number of halogens is 3. The van der Waals surface area contributed by atoms with Gasteiger partial charge < -0.3 is 29.7 Å². The van der Waals surface area contributed by atoms with Crippen LogP contribution in [0.25, 0.3) is 44.8 Å². The van der Waals surface area contributed by atoms with Crippen molar-refractivity contribution in [2.24, 2.45) is 5.73 Å². The van der Waals surface area contributed by atoms with Gasteiger partial charge in [-0.2, -0.15) is 20.4 Å². The fraction of sp³-hybridized carbons (Fsp3) is 0.333. The summed E-state index contributed by atoms with van der Waals surface area (Å²) < 4.78 is 40.4. The van der Waals surface area contributed by atoms with Crippen molar-refractivity contribution in [1.29, 1.82) is 0 Å². The smallest absolute Gasteiger partial charge is 0.407 e. The Hall–Kier alpha value is -5.61. The minimum Gasteiger partial charge on any atom is -0.454 e. The molecule has 2 aliphatic rings. The van der Waals surface area contributed by atoms with E-state index in [4.69, 9.17) is 22.1 Å². The quantitative estimate of drug-likeness (QED) is 0.145. The molecule has 3 N–H and O–H groups in total. The highest BCUT2D eigenvalue weighted by molar-refractivity contribution is 6.61. The maximum atomic E-state index is 13.7. The number of aromatic nitrogens is 8. The second-order valence-corrected chi connectivity index (χ2v) is 12.5. The third-order valence-corrected chi connectivity index (χ3v) is 8.32. The van der Waals surface area contributed by atoms with Crippen molar-refractivity contribution in [3.05, 3.63) is 83.9 Å². The molecule has 276 valence electrons. The van der Waals surface area contributed by atoms with Gasteiger partial charge in [-0.1, -0.05) is 0 Å². The summed E-state index contributed by atoms with van der Waals surface area (Å²) in [5.41, 5.74) is 11.0. The van der Waals surface area contributed by atoms with E-state index in [1.807, 2.05) is 12.1 Å². The molecule has 1 amide bonds. The molecule has 0 unspecified atom stereocenters. The van der Waals surface area contributed by atoms with E-state index in [0.29, 0.717) is 43.2 Å². The predicted octanol–water partition coefficient (Wildman–Crippen LogP) is 7.02. The second-order valence-electron chi connectivity index (χ2n) is 12.2. The van der Waals surface area contributed by atoms with E-state index in [-0.39, 0.29) is 18.2 Å². The average Bonchev–Trinajstić information content (AvgIpc) is 4.10. The number of nitrogens with zero attached hydrogens (tertiary/aromatic N) is 8. The van der Waals surface area contributed by atoms with Gasteiger partial charge >= 0.3 is 11.5 Å². The Kier molecular flexibility index (Phi) is 11.8. The Bertz CT molecular complexity index is 2240. The molecule has 0 radical (unpaired) electrons. The molecule has 4 aromatic heterocycles. The number of ether oxygens (including phenoxy) is 2. The largest absolute Gasteiger partial charge is 0.454 e. The number of carbonyl (C=O) groups is 2. The summed E-state index contributed by atoms with van der Waals surface area (Å²) in [6, 6.07) is 13.7. The molecule has 0 spiro atoms. The van der Waals surface area contributed by atoms with Gasteiger partial charge in [-0.15, -0.1) is 0 Å². The van der Waals surface area contributed by atoms with Crippen LogP contribution >= 0.6 is 11.6 Å². The van der Waals surface area contributed by atoms with Gasteiger partial charge in [0.05, 0.1) is 65.6 Å². The number of amides is 1. The molecule has 6 aromatic rings. The maximum Gasteiger partial charge on any atom is 0.407 e. The van der Waals surface area contributed by atoms with Gasteiger partial charge in [-0.3, -0.25) is 0 Å². The zero-order valence-electron chi connectivity index (χ0n) is 29.0. The summed E-state index contributed by atoms with van der Waals surface area (Å²) in [4.78, 5) is 30.3. The number of imidazole rings is 2. The van der Waals surface area contributed by atoms with E-state index in [1.54, 1.807) is 44.4 Å². The van der Waals surface area contributed by atoms with Gasteiger partial charge in [0, 0.05) is 41.4 Å². The normalized spacial score (nSPS) is 13.5. The molecule has 14 nitrogen and oxygen atoms in total. The van der Waals surface area contributed by atoms with Crippen molar-refractivity contribution in [2.45, 2.75) is 64.7 Å². The fourth-order valence-electron chi connectivity index (χ4n) is 5.66. The Labute approximate surface area is 307 Å². The van der Waals surface area contributed by atoms with Gasteiger partial charge in [-0.05, 0) is 88.1 Å². The first-order valence-corrected chi connectivity index (χ1v) is 17.5. The van der Waals surface area contributed by atoms with Crippen LogP contribution in [0.4, 0.5) is 18.4 Å². The lowest BCUT2D eigenvalue weighted by atomic mass is 10.2. The van der Waals surface area contributed by atoms with Crippen molar-refractivity contribution in [3.63, 3.8) is 0 Å². The van der Waals surface area contributed by atoms with E-state index >= 15 is 0 Å². The molecule has 0 saturated heterocycles. The van der Waals surface area contributed by atoms with Crippen LogP contribution in [0, 0.1) is 11.6 Å². The van der Waals surface area contributed by atoms with E-state index in [0.717, 1.165) is 70.5 Å². The number of rotatable bonds is 9. The number of benzene rings is 2. The lowest BCUT2D eigenvalue weighted by molar-refractivity contribution is 0.151. The minimum atomic E-state index is -0.738. The Balaban J connectivity index is 0.000000160. The predicted molar refractivity (Wildman–Crippen MR) is 193 cm³/mol. The first-order valence-electron chi connectivity index (χ1n) is 17.1. The Morgan fingerprint density at radius 3 is 1.72 bits per heavy atom. The van der Waals surface area contributed by atoms with Gasteiger partial charge in [0.1, 0.15) is 23.3 Å². The number of alkyl carbamates (subject to hydrolysis) is 1. The average molecular weight is 747 g/mol. The number of hydrogen-bond acceptors (Lipinski definition) is 11. The second kappa shape index (κ2) is 16.8. The van der Waals surface area contributed by atoms with Crippen LogP contribution in [0.1, 0.15) is 63.0 Å². The molecule has 8 rings (SSSR count). The van der Waals surface area contributed by atoms with E-state index in [2.05, 4.69) is 49.6 Å². The summed E-state index contributed by atoms with van der Waals surface area (Å²) in [7, 11) is 0. The van der Waals surface area contributed by atoms with Crippen molar-refractivity contribution in [2.75, 3.05) is 13.2 Å². The monoisotopic (exact) mass is 746 g/mol. The molecule has 4 heterocycles. The van der Waals surface area contributed by atoms with Crippen LogP contribution in [0.3, 0.4) is 0 Å². The lowest BCUT2D eigenvalue weighted by Gasteiger charge is -2.09. The van der Waals surface area contributed by atoms with Crippen LogP contribution in [0.2, 0.25) is 0 Å². The standard InChI is InChI=1S/C18H18FN5O2.C15H14FN5.C3H5ClO2/c1-2-26-18(25)20-10-13-7-11(9-21-23-13)17-22-15-6-3-12(19)8-16(15)24(17)14-4-5-14;16-10-1-4-13-14(6-10)21(12-2-3-12)15(19-13)9-5-11(7-17)20-18-8-9;1-2-6-3(4)5/h3,6-9,14H,2,4-5,10H2,1H3,(H,20,25);1,4-6,8,12H,2-3,7,17H2;2H2,1H3. The first-order chi connectivity index (χ1) is 25.7. The van der Waals surface area contributed by atoms with Crippen LogP contribution in [-0.2, 0) is 22.6 Å². The molecule has 2 aliphatic carbocycles. The number of fused-ring (bicyclic) bond motifs is 2. The number of hydrogen-bond donors (Lipinski definition) is 2. The van der Waals surface area contributed by atoms with Gasteiger partial charge in [0.25, 0.3) is 0 Å². The third kappa shape index (κ3) is 9.25. The van der Waals surface area contributed by atoms with Gasteiger partial charge in [-0.25, -0.2) is 28.3 Å². The zero-order chi connectivity index (χ0) is 37.5. The molecule has 0 bridgehead atoms. The topological polar surface area (TPSA) is 178 Å². The summed E-state index contributed by atoms with van der Waals surface area (Å²) >= 11 is 4.72. The molecule has 0 aliphatic heterocycles. The van der Waals surface area contributed by atoms with Crippen LogP contribution in [0.5, 0.6) is 0 Å². The molecule has 53 heavy (non-hydrogen) atoms. The van der Waals surface area contributed by atoms with Gasteiger partial charge in [0.2, 0.25) is 0 Å². The highest BCUT2D eigenvalue weighted by Gasteiger charge is 2.30.